The fourth-order valence-corrected chi connectivity index (χ4v) is 8.59. The number of carbonyl (C=O) groups is 3. The molecule has 3 aliphatic rings. The highest BCUT2D eigenvalue weighted by molar-refractivity contribution is 6.24. The third-order valence-corrected chi connectivity index (χ3v) is 10.5. The van der Waals surface area contributed by atoms with Crippen LogP contribution in [-0.2, 0) is 27.2 Å². The molecule has 1 unspecified atom stereocenters. The van der Waals surface area contributed by atoms with Crippen molar-refractivity contribution in [3.8, 4) is 16.9 Å². The Balaban J connectivity index is 1.67. The van der Waals surface area contributed by atoms with E-state index in [9.17, 15) is 34.8 Å². The largest absolute Gasteiger partial charge is 0.508 e. The number of benzene rings is 2. The number of carbonyl (C=O) groups excluding carboxylic acids is 3. The Morgan fingerprint density at radius 2 is 1.69 bits per heavy atom. The van der Waals surface area contributed by atoms with E-state index < -0.39 is 56.8 Å². The molecule has 2 aromatic rings. The maximum absolute atomic E-state index is 14.5. The molecule has 0 saturated heterocycles. The smallest absolute Gasteiger partial charge is 0.203 e. The molecule has 0 radical (unpaired) electrons. The lowest BCUT2D eigenvalue weighted by Crippen LogP contribution is -2.69. The van der Waals surface area contributed by atoms with Crippen LogP contribution in [0.3, 0.4) is 0 Å². The van der Waals surface area contributed by atoms with Gasteiger partial charge in [-0.1, -0.05) is 83.5 Å². The summed E-state index contributed by atoms with van der Waals surface area (Å²) >= 11 is 0. The molecule has 0 bridgehead atoms. The van der Waals surface area contributed by atoms with E-state index in [0.29, 0.717) is 5.56 Å². The molecule has 238 valence electrons. The molecule has 3 aliphatic carbocycles. The maximum Gasteiger partial charge on any atom is 0.203 e. The molecule has 0 aromatic heterocycles. The van der Waals surface area contributed by atoms with Gasteiger partial charge in [-0.25, -0.2) is 0 Å². The molecule has 1 saturated carbocycles. The van der Waals surface area contributed by atoms with Crippen LogP contribution in [0.2, 0.25) is 0 Å². The number of ketones is 3. The van der Waals surface area contributed by atoms with Crippen molar-refractivity contribution in [2.24, 2.45) is 22.7 Å². The van der Waals surface area contributed by atoms with Gasteiger partial charge in [0.1, 0.15) is 22.8 Å². The van der Waals surface area contributed by atoms with E-state index >= 15 is 0 Å². The lowest BCUT2D eigenvalue weighted by atomic mass is 9.43. The zero-order valence-corrected chi connectivity index (χ0v) is 27.1. The normalized spacial score (nSPS) is 27.8. The molecular formula is C38H44O7. The fourth-order valence-electron chi connectivity index (χ4n) is 8.59. The second kappa shape index (κ2) is 11.1. The molecule has 0 heterocycles. The number of aliphatic hydroxyl groups excluding tert-OH is 2. The fraction of sp³-hybridized carbons (Fsp3) is 0.447. The van der Waals surface area contributed by atoms with Crippen LogP contribution in [0.1, 0.15) is 83.9 Å². The Morgan fingerprint density at radius 1 is 1.04 bits per heavy atom. The number of phenolic OH excluding ortho intramolecular Hbond substituents is 1. The third kappa shape index (κ3) is 4.70. The standard InChI is InChI=1S/C38H44O7/c1-8-9-10-21(4)17-23-11-13-24(14-12-23)25-15-16-27(40)29-26(25)18-36(6)19-37(7)30(20(2)3)32(41)28(22(5)39)34(43)38(37,45)35(44)31(36)33(29)42/h11-16,20,30,40,42-43,45H,4,8-10,17-19H2,1-3,5-7H3/t30?,36-,37-,38+/m1/s1. The van der Waals surface area contributed by atoms with Gasteiger partial charge < -0.3 is 20.4 Å². The second-order valence-corrected chi connectivity index (χ2v) is 14.2. The van der Waals surface area contributed by atoms with Crippen molar-refractivity contribution < 1.29 is 34.8 Å². The number of allylic oxidation sites excluding steroid dienone is 2. The summed E-state index contributed by atoms with van der Waals surface area (Å²) < 4.78 is 0. The average Bonchev–Trinajstić information content (AvgIpc) is 2.94. The molecule has 0 amide bonds. The number of unbranched alkanes of at least 4 members (excludes halogenated alkanes) is 1. The minimum Gasteiger partial charge on any atom is -0.508 e. The number of phenols is 1. The predicted octanol–water partition coefficient (Wildman–Crippen LogP) is 7.15. The number of aromatic hydroxyl groups is 1. The van der Waals surface area contributed by atoms with Gasteiger partial charge in [-0.05, 0) is 73.3 Å². The highest BCUT2D eigenvalue weighted by Gasteiger charge is 2.72. The highest BCUT2D eigenvalue weighted by atomic mass is 16.3. The molecule has 0 spiro atoms. The zero-order valence-electron chi connectivity index (χ0n) is 27.1. The number of hydrogen-bond donors (Lipinski definition) is 4. The van der Waals surface area contributed by atoms with E-state index in [1.807, 2.05) is 31.2 Å². The number of fused-ring (bicyclic) bond motifs is 3. The van der Waals surface area contributed by atoms with E-state index in [1.54, 1.807) is 26.8 Å². The van der Waals surface area contributed by atoms with E-state index in [1.165, 1.54) is 11.6 Å². The number of hydrogen-bond acceptors (Lipinski definition) is 7. The van der Waals surface area contributed by atoms with Gasteiger partial charge in [-0.2, -0.15) is 0 Å². The van der Waals surface area contributed by atoms with E-state index in [4.69, 9.17) is 0 Å². The van der Waals surface area contributed by atoms with Gasteiger partial charge in [0.15, 0.2) is 17.2 Å². The second-order valence-electron chi connectivity index (χ2n) is 14.2. The first-order chi connectivity index (χ1) is 21.0. The van der Waals surface area contributed by atoms with Gasteiger partial charge in [0, 0.05) is 22.3 Å². The average molecular weight is 613 g/mol. The molecule has 5 rings (SSSR count). The molecule has 0 aliphatic heterocycles. The van der Waals surface area contributed by atoms with Crippen LogP contribution < -0.4 is 0 Å². The number of aliphatic hydroxyl groups is 3. The third-order valence-electron chi connectivity index (χ3n) is 10.5. The summed E-state index contributed by atoms with van der Waals surface area (Å²) in [5.74, 6) is -5.29. The monoisotopic (exact) mass is 612 g/mol. The van der Waals surface area contributed by atoms with Crippen LogP contribution in [-0.4, -0.2) is 43.4 Å². The summed E-state index contributed by atoms with van der Waals surface area (Å²) in [5.41, 5.74) is -1.19. The first kappa shape index (κ1) is 32.4. The summed E-state index contributed by atoms with van der Waals surface area (Å²) in [5, 5.41) is 46.3. The van der Waals surface area contributed by atoms with Gasteiger partial charge in [-0.3, -0.25) is 14.4 Å². The Bertz CT molecular complexity index is 1690. The zero-order chi connectivity index (χ0) is 33.2. The van der Waals surface area contributed by atoms with Gasteiger partial charge >= 0.3 is 0 Å². The summed E-state index contributed by atoms with van der Waals surface area (Å²) in [6.45, 7) is 14.5. The first-order valence-corrected chi connectivity index (χ1v) is 15.8. The number of rotatable bonds is 8. The van der Waals surface area contributed by atoms with E-state index in [-0.39, 0.29) is 35.6 Å². The van der Waals surface area contributed by atoms with Gasteiger partial charge in [0.2, 0.25) is 5.78 Å². The van der Waals surface area contributed by atoms with Crippen molar-refractivity contribution in [1.82, 2.24) is 0 Å². The van der Waals surface area contributed by atoms with Crippen molar-refractivity contribution in [2.45, 2.75) is 85.7 Å². The Kier molecular flexibility index (Phi) is 8.02. The molecule has 4 atom stereocenters. The molecular weight excluding hydrogens is 568 g/mol. The van der Waals surface area contributed by atoms with Crippen molar-refractivity contribution >= 4 is 23.1 Å². The van der Waals surface area contributed by atoms with Gasteiger partial charge in [0.25, 0.3) is 0 Å². The summed E-state index contributed by atoms with van der Waals surface area (Å²) in [6.07, 6.45) is 4.26. The Morgan fingerprint density at radius 3 is 2.27 bits per heavy atom. The first-order valence-electron chi connectivity index (χ1n) is 15.8. The molecule has 4 N–H and O–H groups in total. The minimum absolute atomic E-state index is 0.0544. The van der Waals surface area contributed by atoms with Crippen molar-refractivity contribution in [1.29, 1.82) is 0 Å². The Labute approximate surface area is 265 Å². The summed E-state index contributed by atoms with van der Waals surface area (Å²) in [7, 11) is 0. The maximum atomic E-state index is 14.5. The van der Waals surface area contributed by atoms with Crippen LogP contribution in [0.4, 0.5) is 0 Å². The van der Waals surface area contributed by atoms with Crippen molar-refractivity contribution in [3.63, 3.8) is 0 Å². The van der Waals surface area contributed by atoms with Crippen LogP contribution in [0.5, 0.6) is 5.75 Å². The van der Waals surface area contributed by atoms with E-state index in [0.717, 1.165) is 49.3 Å². The van der Waals surface area contributed by atoms with Crippen molar-refractivity contribution in [2.75, 3.05) is 0 Å². The van der Waals surface area contributed by atoms with Crippen LogP contribution >= 0.6 is 0 Å². The lowest BCUT2D eigenvalue weighted by molar-refractivity contribution is -0.178. The quantitative estimate of drug-likeness (QED) is 0.184. The predicted molar refractivity (Wildman–Crippen MR) is 174 cm³/mol. The lowest BCUT2D eigenvalue weighted by Gasteiger charge is -2.59. The van der Waals surface area contributed by atoms with Gasteiger partial charge in [-0.15, -0.1) is 0 Å². The van der Waals surface area contributed by atoms with E-state index in [2.05, 4.69) is 13.5 Å². The molecule has 7 heteroatoms. The molecule has 1 fully saturated rings. The number of Topliss-reactive ketones (excluding diaryl/α,β-unsaturated/α-hetero) is 3. The van der Waals surface area contributed by atoms with Crippen LogP contribution in [0, 0.1) is 22.7 Å². The molecule has 7 nitrogen and oxygen atoms in total. The SMILES string of the molecule is C=C(CCCC)Cc1ccc(-c2ccc(O)c3c2C[C@]2(C)C[C@]4(C)C(C(C)C)C(=O)C(C(C)=O)=C(O)[C@]4(O)C(=O)C2=C3O)cc1. The highest BCUT2D eigenvalue weighted by Crippen LogP contribution is 2.65. The molecule has 45 heavy (non-hydrogen) atoms. The summed E-state index contributed by atoms with van der Waals surface area (Å²) in [4.78, 5) is 40.8. The van der Waals surface area contributed by atoms with Crippen molar-refractivity contribution in [3.05, 3.63) is 82.1 Å². The van der Waals surface area contributed by atoms with Crippen LogP contribution in [0.25, 0.3) is 16.9 Å². The Hall–Kier alpha value is -3.97. The van der Waals surface area contributed by atoms with Crippen LogP contribution in [0.15, 0.2) is 65.5 Å². The molecule has 2 aromatic carbocycles. The van der Waals surface area contributed by atoms with Gasteiger partial charge in [0.05, 0.1) is 5.56 Å². The topological polar surface area (TPSA) is 132 Å². The minimum atomic E-state index is -2.62. The summed E-state index contributed by atoms with van der Waals surface area (Å²) in [6, 6.07) is 11.4.